The highest BCUT2D eigenvalue weighted by molar-refractivity contribution is 6.19. The van der Waals surface area contributed by atoms with Crippen LogP contribution in [0.1, 0.15) is 44.5 Å². The van der Waals surface area contributed by atoms with Gasteiger partial charge in [0, 0.05) is 21.9 Å². The first-order valence-corrected chi connectivity index (χ1v) is 16.8. The number of pyridine rings is 2. The van der Waals surface area contributed by atoms with Gasteiger partial charge in [0.15, 0.2) is 0 Å². The van der Waals surface area contributed by atoms with Crippen molar-refractivity contribution in [3.05, 3.63) is 202 Å². The van der Waals surface area contributed by atoms with Gasteiger partial charge >= 0.3 is 0 Å². The van der Waals surface area contributed by atoms with E-state index in [1.807, 2.05) is 0 Å². The van der Waals surface area contributed by atoms with Gasteiger partial charge < -0.3 is 0 Å². The van der Waals surface area contributed by atoms with E-state index >= 15 is 0 Å². The number of fused-ring (bicyclic) bond motifs is 20. The Morgan fingerprint density at radius 2 is 0.646 bits per heavy atom. The van der Waals surface area contributed by atoms with Gasteiger partial charge in [-0.1, -0.05) is 133 Å². The maximum Gasteiger partial charge on any atom is 0.0761 e. The molecule has 2 spiro atoms. The third kappa shape index (κ3) is 2.61. The van der Waals surface area contributed by atoms with Crippen LogP contribution < -0.4 is 0 Å². The summed E-state index contributed by atoms with van der Waals surface area (Å²) in [6, 6.07) is 58.4. The Balaban J connectivity index is 1.32. The molecule has 4 aliphatic carbocycles. The number of aromatic nitrogens is 2. The van der Waals surface area contributed by atoms with E-state index in [2.05, 4.69) is 158 Å². The predicted octanol–water partition coefficient (Wildman–Crippen LogP) is 10.4. The summed E-state index contributed by atoms with van der Waals surface area (Å²) in [4.78, 5) is 10.8. The number of hydrogen-bond acceptors (Lipinski definition) is 2. The SMILES string of the molecule is c1ccc2c(c1)C1=C(c3ccccc3C13c1ccccc1-c1nc4ccccc4cc13)C21c2ccccc2-c2nc3ccccc3cc21. The lowest BCUT2D eigenvalue weighted by Crippen LogP contribution is -2.28. The van der Waals surface area contributed by atoms with E-state index in [0.717, 1.165) is 22.4 Å². The van der Waals surface area contributed by atoms with Crippen molar-refractivity contribution < 1.29 is 0 Å². The van der Waals surface area contributed by atoms with Crippen LogP contribution in [0.2, 0.25) is 0 Å². The van der Waals surface area contributed by atoms with Crippen LogP contribution in [0.3, 0.4) is 0 Å². The molecule has 0 saturated heterocycles. The second kappa shape index (κ2) is 8.42. The van der Waals surface area contributed by atoms with Crippen LogP contribution in [-0.2, 0) is 10.8 Å². The van der Waals surface area contributed by atoms with E-state index in [0.29, 0.717) is 0 Å². The van der Waals surface area contributed by atoms with Crippen molar-refractivity contribution in [3.8, 4) is 22.5 Å². The molecule has 48 heavy (non-hydrogen) atoms. The summed E-state index contributed by atoms with van der Waals surface area (Å²) < 4.78 is 0. The summed E-state index contributed by atoms with van der Waals surface area (Å²) in [5.74, 6) is 0. The van der Waals surface area contributed by atoms with Gasteiger partial charge in [0.05, 0.1) is 33.3 Å². The maximum absolute atomic E-state index is 5.42. The molecule has 2 aromatic heterocycles. The number of nitrogens with zero attached hydrogens (tertiary/aromatic N) is 2. The molecular weight excluding hydrogens is 581 g/mol. The number of rotatable bonds is 0. The molecule has 220 valence electrons. The maximum atomic E-state index is 5.42. The normalized spacial score (nSPS) is 20.2. The third-order valence-electron chi connectivity index (χ3n) is 11.6. The van der Waals surface area contributed by atoms with Gasteiger partial charge in [-0.25, -0.2) is 9.97 Å². The van der Waals surface area contributed by atoms with E-state index in [1.54, 1.807) is 0 Å². The minimum absolute atomic E-state index is 0.517. The van der Waals surface area contributed by atoms with Gasteiger partial charge in [-0.2, -0.15) is 0 Å². The van der Waals surface area contributed by atoms with Crippen LogP contribution in [0, 0.1) is 0 Å². The molecule has 0 radical (unpaired) electrons. The van der Waals surface area contributed by atoms with E-state index in [1.165, 1.54) is 77.6 Å². The smallest absolute Gasteiger partial charge is 0.0761 e. The van der Waals surface area contributed by atoms with Crippen molar-refractivity contribution >= 4 is 33.0 Å². The quantitative estimate of drug-likeness (QED) is 0.172. The Morgan fingerprint density at radius 3 is 1.08 bits per heavy atom. The first-order valence-electron chi connectivity index (χ1n) is 16.8. The summed E-state index contributed by atoms with van der Waals surface area (Å²) in [5, 5.41) is 2.34. The summed E-state index contributed by atoms with van der Waals surface area (Å²) in [6.45, 7) is 0. The highest BCUT2D eigenvalue weighted by Crippen LogP contribution is 2.74. The minimum Gasteiger partial charge on any atom is -0.247 e. The molecule has 2 heteroatoms. The average molecular weight is 607 g/mol. The second-order valence-electron chi connectivity index (χ2n) is 13.6. The molecule has 12 rings (SSSR count). The Hall–Kier alpha value is -6.12. The van der Waals surface area contributed by atoms with Gasteiger partial charge in [0.2, 0.25) is 0 Å². The van der Waals surface area contributed by atoms with Crippen LogP contribution in [0.4, 0.5) is 0 Å². The molecule has 0 bridgehead atoms. The lowest BCUT2D eigenvalue weighted by atomic mass is 9.66. The van der Waals surface area contributed by atoms with Gasteiger partial charge in [-0.3, -0.25) is 0 Å². The monoisotopic (exact) mass is 606 g/mol. The predicted molar refractivity (Wildman–Crippen MR) is 194 cm³/mol. The first kappa shape index (κ1) is 25.0. The zero-order valence-electron chi connectivity index (χ0n) is 25.9. The van der Waals surface area contributed by atoms with Crippen LogP contribution in [0.5, 0.6) is 0 Å². The highest BCUT2D eigenvalue weighted by Gasteiger charge is 2.63. The first-order chi connectivity index (χ1) is 23.8. The van der Waals surface area contributed by atoms with Crippen LogP contribution in [0.15, 0.2) is 158 Å². The molecule has 0 N–H and O–H groups in total. The lowest BCUT2D eigenvalue weighted by Gasteiger charge is -2.34. The molecule has 0 amide bonds. The zero-order valence-corrected chi connectivity index (χ0v) is 25.9. The van der Waals surface area contributed by atoms with E-state index < -0.39 is 10.8 Å². The molecule has 8 aromatic rings. The molecule has 0 saturated carbocycles. The van der Waals surface area contributed by atoms with Gasteiger partial charge in [0.25, 0.3) is 0 Å². The summed E-state index contributed by atoms with van der Waals surface area (Å²) >= 11 is 0. The lowest BCUT2D eigenvalue weighted by molar-refractivity contribution is 0.825. The standard InChI is InChI=1S/C46H26N2/c1-11-23-39-27(13-1)25-37-43(47-39)31-17-5-9-21-35(31)45(37)33-19-7-3-15-29(33)42-41(45)30-16-4-8-20-34(30)46(42)36-22-10-6-18-32(36)44-38(46)26-28-14-2-12-24-40(28)48-44/h1-26H. The van der Waals surface area contributed by atoms with Gasteiger partial charge in [0.1, 0.15) is 0 Å². The van der Waals surface area contributed by atoms with E-state index in [-0.39, 0.29) is 0 Å². The molecule has 2 atom stereocenters. The Bertz CT molecular complexity index is 2610. The largest absolute Gasteiger partial charge is 0.247 e. The van der Waals surface area contributed by atoms with Crippen molar-refractivity contribution in [1.82, 2.24) is 9.97 Å². The summed E-state index contributed by atoms with van der Waals surface area (Å²) in [7, 11) is 0. The molecule has 4 aliphatic rings. The Morgan fingerprint density at radius 1 is 0.312 bits per heavy atom. The highest BCUT2D eigenvalue weighted by atomic mass is 14.8. The minimum atomic E-state index is -0.517. The van der Waals surface area contributed by atoms with Crippen molar-refractivity contribution in [2.45, 2.75) is 10.8 Å². The third-order valence-corrected chi connectivity index (χ3v) is 11.6. The van der Waals surface area contributed by atoms with Crippen LogP contribution in [0.25, 0.3) is 55.5 Å². The molecule has 2 unspecified atom stereocenters. The summed E-state index contributed by atoms with van der Waals surface area (Å²) in [6.07, 6.45) is 0. The zero-order chi connectivity index (χ0) is 31.2. The van der Waals surface area contributed by atoms with E-state index in [9.17, 15) is 0 Å². The van der Waals surface area contributed by atoms with Crippen molar-refractivity contribution in [3.63, 3.8) is 0 Å². The fourth-order valence-corrected chi connectivity index (χ4v) is 10.0. The number of benzene rings is 6. The number of para-hydroxylation sites is 2. The topological polar surface area (TPSA) is 25.8 Å². The molecule has 2 nitrogen and oxygen atoms in total. The Kier molecular flexibility index (Phi) is 4.39. The molecule has 6 aromatic carbocycles. The fraction of sp³-hybridized carbons (Fsp3) is 0.0435. The average Bonchev–Trinajstić information content (AvgIpc) is 3.82. The fourth-order valence-electron chi connectivity index (χ4n) is 10.0. The van der Waals surface area contributed by atoms with Crippen LogP contribution in [-0.4, -0.2) is 9.97 Å². The molecular formula is C46H26N2. The molecule has 2 heterocycles. The van der Waals surface area contributed by atoms with E-state index in [4.69, 9.17) is 9.97 Å². The van der Waals surface area contributed by atoms with Crippen LogP contribution >= 0.6 is 0 Å². The van der Waals surface area contributed by atoms with Gasteiger partial charge in [-0.05, 0) is 79.9 Å². The number of allylic oxidation sites excluding steroid dienone is 2. The van der Waals surface area contributed by atoms with Crippen molar-refractivity contribution in [2.24, 2.45) is 0 Å². The Labute approximate surface area is 277 Å². The molecule has 0 fully saturated rings. The van der Waals surface area contributed by atoms with Gasteiger partial charge in [-0.15, -0.1) is 0 Å². The molecule has 0 aliphatic heterocycles. The summed E-state index contributed by atoms with van der Waals surface area (Å²) in [5.41, 5.74) is 18.9. The van der Waals surface area contributed by atoms with Crippen molar-refractivity contribution in [2.75, 3.05) is 0 Å². The number of hydrogen-bond donors (Lipinski definition) is 0. The van der Waals surface area contributed by atoms with Crippen molar-refractivity contribution in [1.29, 1.82) is 0 Å². The second-order valence-corrected chi connectivity index (χ2v) is 13.6.